The third-order valence-corrected chi connectivity index (χ3v) is 2.97. The Morgan fingerprint density at radius 3 is 2.50 bits per heavy atom. The van der Waals surface area contributed by atoms with Gasteiger partial charge in [0.15, 0.2) is 11.6 Å². The van der Waals surface area contributed by atoms with Crippen LogP contribution >= 0.6 is 0 Å². The highest BCUT2D eigenvalue weighted by Crippen LogP contribution is 2.27. The zero-order chi connectivity index (χ0) is 16.1. The van der Waals surface area contributed by atoms with Gasteiger partial charge < -0.3 is 15.2 Å². The van der Waals surface area contributed by atoms with E-state index in [1.54, 1.807) is 6.07 Å². The van der Waals surface area contributed by atoms with Crippen LogP contribution in [-0.4, -0.2) is 26.2 Å². The number of hydrogen-bond acceptors (Lipinski definition) is 4. The number of carbonyl (C=O) groups is 1. The molecule has 2 N–H and O–H groups in total. The van der Waals surface area contributed by atoms with E-state index in [0.29, 0.717) is 23.4 Å². The average molecular weight is 307 g/mol. The smallest absolute Gasteiger partial charge is 0.338 e. The predicted octanol–water partition coefficient (Wildman–Crippen LogP) is 2.76. The van der Waals surface area contributed by atoms with E-state index in [1.807, 2.05) is 0 Å². The van der Waals surface area contributed by atoms with Gasteiger partial charge >= 0.3 is 5.97 Å². The van der Waals surface area contributed by atoms with Gasteiger partial charge in [-0.2, -0.15) is 0 Å². The number of hydrogen-bond donors (Lipinski definition) is 1. The van der Waals surface area contributed by atoms with E-state index in [4.69, 9.17) is 10.5 Å². The largest absolute Gasteiger partial charge is 0.492 e. The van der Waals surface area contributed by atoms with Gasteiger partial charge in [-0.15, -0.1) is 0 Å². The third-order valence-electron chi connectivity index (χ3n) is 2.97. The number of rotatable bonds is 5. The van der Waals surface area contributed by atoms with Crippen molar-refractivity contribution in [2.24, 2.45) is 5.73 Å². The molecule has 0 saturated heterocycles. The fraction of sp³-hybridized carbons (Fsp3) is 0.188. The van der Waals surface area contributed by atoms with Crippen LogP contribution in [0.4, 0.5) is 8.78 Å². The maximum Gasteiger partial charge on any atom is 0.338 e. The van der Waals surface area contributed by atoms with Crippen molar-refractivity contribution in [2.75, 3.05) is 20.3 Å². The molecule has 0 fully saturated rings. The lowest BCUT2D eigenvalue weighted by Gasteiger charge is -2.10. The van der Waals surface area contributed by atoms with E-state index in [0.717, 1.165) is 12.1 Å². The summed E-state index contributed by atoms with van der Waals surface area (Å²) in [5.74, 6) is -2.06. The molecule has 0 aromatic heterocycles. The van der Waals surface area contributed by atoms with Gasteiger partial charge in [-0.1, -0.05) is 6.07 Å². The summed E-state index contributed by atoms with van der Waals surface area (Å²) >= 11 is 0. The topological polar surface area (TPSA) is 61.5 Å². The molecule has 6 heteroatoms. The number of halogens is 2. The van der Waals surface area contributed by atoms with Gasteiger partial charge in [0.25, 0.3) is 0 Å². The molecule has 0 aliphatic heterocycles. The molecule has 0 spiro atoms. The van der Waals surface area contributed by atoms with E-state index in [9.17, 15) is 13.6 Å². The van der Waals surface area contributed by atoms with Gasteiger partial charge in [0, 0.05) is 6.54 Å². The number of esters is 1. The highest BCUT2D eigenvalue weighted by molar-refractivity contribution is 5.91. The number of benzene rings is 2. The van der Waals surface area contributed by atoms with Crippen molar-refractivity contribution in [2.45, 2.75) is 0 Å². The Kier molecular flexibility index (Phi) is 5.06. The standard InChI is InChI=1S/C16H15F2NO3/c1-21-16(20)12-6-11(7-13(8-12)22-5-4-19)10-2-3-14(17)15(18)9-10/h2-3,6-9H,4-5,19H2,1H3. The summed E-state index contributed by atoms with van der Waals surface area (Å²) in [5, 5.41) is 0. The molecule has 0 atom stereocenters. The zero-order valence-electron chi connectivity index (χ0n) is 11.9. The molecule has 2 aromatic rings. The fourth-order valence-corrected chi connectivity index (χ4v) is 1.94. The lowest BCUT2D eigenvalue weighted by molar-refractivity contribution is 0.0600. The van der Waals surface area contributed by atoms with Crippen molar-refractivity contribution in [1.29, 1.82) is 0 Å². The van der Waals surface area contributed by atoms with Crippen LogP contribution in [0.3, 0.4) is 0 Å². The Labute approximate surface area is 126 Å². The van der Waals surface area contributed by atoms with Crippen molar-refractivity contribution in [1.82, 2.24) is 0 Å². The maximum atomic E-state index is 13.4. The van der Waals surface area contributed by atoms with E-state index in [1.165, 1.54) is 25.3 Å². The van der Waals surface area contributed by atoms with Gasteiger partial charge in [-0.3, -0.25) is 0 Å². The molecule has 0 unspecified atom stereocenters. The van der Waals surface area contributed by atoms with E-state index >= 15 is 0 Å². The summed E-state index contributed by atoms with van der Waals surface area (Å²) in [6, 6.07) is 8.14. The van der Waals surface area contributed by atoms with Crippen LogP contribution in [0.2, 0.25) is 0 Å². The second-order valence-corrected chi connectivity index (χ2v) is 4.50. The Morgan fingerprint density at radius 1 is 1.09 bits per heavy atom. The lowest BCUT2D eigenvalue weighted by atomic mass is 10.0. The molecule has 0 bridgehead atoms. The summed E-state index contributed by atoms with van der Waals surface area (Å²) in [6.45, 7) is 0.574. The molecule has 116 valence electrons. The van der Waals surface area contributed by atoms with E-state index in [2.05, 4.69) is 4.74 Å². The highest BCUT2D eigenvalue weighted by Gasteiger charge is 2.12. The molecule has 0 heterocycles. The number of methoxy groups -OCH3 is 1. The van der Waals surface area contributed by atoms with Gasteiger partial charge in [0.1, 0.15) is 12.4 Å². The van der Waals surface area contributed by atoms with Crippen LogP contribution in [0.15, 0.2) is 36.4 Å². The van der Waals surface area contributed by atoms with E-state index < -0.39 is 17.6 Å². The first-order valence-corrected chi connectivity index (χ1v) is 6.57. The normalized spacial score (nSPS) is 10.4. The molecule has 0 saturated carbocycles. The van der Waals surface area contributed by atoms with Gasteiger partial charge in [0.2, 0.25) is 0 Å². The number of nitrogens with two attached hydrogens (primary N) is 1. The molecule has 2 aromatic carbocycles. The molecule has 0 amide bonds. The third kappa shape index (κ3) is 3.59. The van der Waals surface area contributed by atoms with Crippen LogP contribution in [-0.2, 0) is 4.74 Å². The summed E-state index contributed by atoms with van der Waals surface area (Å²) in [6.07, 6.45) is 0. The van der Waals surface area contributed by atoms with Crippen LogP contribution in [0.5, 0.6) is 5.75 Å². The van der Waals surface area contributed by atoms with Crippen LogP contribution < -0.4 is 10.5 Å². The SMILES string of the molecule is COC(=O)c1cc(OCCN)cc(-c2ccc(F)c(F)c2)c1. The van der Waals surface area contributed by atoms with Crippen molar-refractivity contribution < 1.29 is 23.0 Å². The molecule has 4 nitrogen and oxygen atoms in total. The minimum Gasteiger partial charge on any atom is -0.492 e. The minimum absolute atomic E-state index is 0.247. The molecule has 22 heavy (non-hydrogen) atoms. The highest BCUT2D eigenvalue weighted by atomic mass is 19.2. The lowest BCUT2D eigenvalue weighted by Crippen LogP contribution is -2.11. The Hall–Kier alpha value is -2.47. The molecular weight excluding hydrogens is 292 g/mol. The fourth-order valence-electron chi connectivity index (χ4n) is 1.94. The first-order valence-electron chi connectivity index (χ1n) is 6.57. The van der Waals surface area contributed by atoms with Crippen LogP contribution in [0.25, 0.3) is 11.1 Å². The summed E-state index contributed by atoms with van der Waals surface area (Å²) in [4.78, 5) is 11.7. The number of carbonyl (C=O) groups excluding carboxylic acids is 1. The molecular formula is C16H15F2NO3. The second kappa shape index (κ2) is 7.00. The Balaban J connectivity index is 2.48. The predicted molar refractivity (Wildman–Crippen MR) is 77.7 cm³/mol. The summed E-state index contributed by atoms with van der Waals surface area (Å²) < 4.78 is 36.5. The first-order chi connectivity index (χ1) is 10.5. The average Bonchev–Trinajstić information content (AvgIpc) is 2.54. The molecule has 0 radical (unpaired) electrons. The van der Waals surface area contributed by atoms with Crippen LogP contribution in [0.1, 0.15) is 10.4 Å². The maximum absolute atomic E-state index is 13.4. The molecule has 0 aliphatic carbocycles. The van der Waals surface area contributed by atoms with Gasteiger partial charge in [-0.25, -0.2) is 13.6 Å². The van der Waals surface area contributed by atoms with Crippen molar-refractivity contribution >= 4 is 5.97 Å². The Morgan fingerprint density at radius 2 is 1.86 bits per heavy atom. The minimum atomic E-state index is -0.967. The van der Waals surface area contributed by atoms with Crippen LogP contribution in [0, 0.1) is 11.6 Å². The Bertz CT molecular complexity index is 689. The summed E-state index contributed by atoms with van der Waals surface area (Å²) in [5.41, 5.74) is 6.55. The zero-order valence-corrected chi connectivity index (χ0v) is 11.9. The molecule has 2 rings (SSSR count). The van der Waals surface area contributed by atoms with Crippen molar-refractivity contribution in [3.8, 4) is 16.9 Å². The van der Waals surface area contributed by atoms with Crippen molar-refractivity contribution in [3.63, 3.8) is 0 Å². The van der Waals surface area contributed by atoms with Gasteiger partial charge in [0.05, 0.1) is 12.7 Å². The monoisotopic (exact) mass is 307 g/mol. The number of ether oxygens (including phenoxy) is 2. The first kappa shape index (κ1) is 15.9. The van der Waals surface area contributed by atoms with Crippen molar-refractivity contribution in [3.05, 3.63) is 53.6 Å². The van der Waals surface area contributed by atoms with E-state index in [-0.39, 0.29) is 12.2 Å². The molecule has 0 aliphatic rings. The van der Waals surface area contributed by atoms with Gasteiger partial charge in [-0.05, 0) is 41.5 Å². The quantitative estimate of drug-likeness (QED) is 0.863. The second-order valence-electron chi connectivity index (χ2n) is 4.50. The summed E-state index contributed by atoms with van der Waals surface area (Å²) in [7, 11) is 1.26.